The van der Waals surface area contributed by atoms with Gasteiger partial charge in [-0.15, -0.1) is 11.3 Å². The molecular formula is C52H50Cl2FN7O8S2. The molecule has 0 spiro atoms. The molecule has 1 N–H and O–H groups in total. The van der Waals surface area contributed by atoms with E-state index in [4.69, 9.17) is 47.1 Å². The Hall–Kier alpha value is -5.99. The molecule has 2 fully saturated rings. The number of carbonyl (C=O) groups is 1. The number of aromatic nitrogens is 4. The Morgan fingerprint density at radius 3 is 2.28 bits per heavy atom. The van der Waals surface area contributed by atoms with E-state index in [0.29, 0.717) is 92.1 Å². The molecule has 20 heteroatoms. The van der Waals surface area contributed by atoms with E-state index in [1.165, 1.54) is 29.8 Å². The maximum absolute atomic E-state index is 14.4. The monoisotopic (exact) mass is 1050 g/mol. The molecule has 2 atom stereocenters. The molecule has 7 heterocycles. The Bertz CT molecular complexity index is 3240. The number of likely N-dealkylation sites (N-methyl/N-ethyl adjacent to an activating group) is 1. The van der Waals surface area contributed by atoms with E-state index in [2.05, 4.69) is 36.7 Å². The predicted octanol–water partition coefficient (Wildman–Crippen LogP) is 8.95. The molecule has 72 heavy (non-hydrogen) atoms. The number of rotatable bonds is 10. The van der Waals surface area contributed by atoms with Crippen molar-refractivity contribution in [3.05, 3.63) is 129 Å². The van der Waals surface area contributed by atoms with E-state index >= 15 is 0 Å². The van der Waals surface area contributed by atoms with Crippen molar-refractivity contribution >= 4 is 60.6 Å². The molecular weight excluding hydrogens is 1000 g/mol. The van der Waals surface area contributed by atoms with Gasteiger partial charge in [0.15, 0.2) is 21.4 Å². The number of carboxylic acids is 1. The summed E-state index contributed by atoms with van der Waals surface area (Å²) in [4.78, 5) is 40.0. The van der Waals surface area contributed by atoms with Gasteiger partial charge in [-0.3, -0.25) is 9.80 Å². The lowest BCUT2D eigenvalue weighted by Crippen LogP contribution is -2.49. The van der Waals surface area contributed by atoms with Crippen molar-refractivity contribution in [1.29, 1.82) is 0 Å². The van der Waals surface area contributed by atoms with Gasteiger partial charge in [0, 0.05) is 80.1 Å². The molecule has 374 valence electrons. The number of nitrogens with zero attached hydrogens (tertiary/aromatic N) is 7. The van der Waals surface area contributed by atoms with Crippen LogP contribution >= 0.6 is 34.5 Å². The second kappa shape index (κ2) is 20.9. The van der Waals surface area contributed by atoms with Gasteiger partial charge >= 0.3 is 5.97 Å². The number of sulfone groups is 1. The lowest BCUT2D eigenvalue weighted by atomic mass is 9.92. The van der Waals surface area contributed by atoms with Gasteiger partial charge in [0.05, 0.1) is 32.6 Å². The second-order valence-corrected chi connectivity index (χ2v) is 22.3. The van der Waals surface area contributed by atoms with Gasteiger partial charge in [0.25, 0.3) is 0 Å². The molecule has 4 aromatic carbocycles. The van der Waals surface area contributed by atoms with Gasteiger partial charge in [0.2, 0.25) is 12.0 Å². The van der Waals surface area contributed by atoms with Crippen LogP contribution in [0.15, 0.2) is 85.3 Å². The smallest absolute Gasteiger partial charge is 0.349 e. The number of ether oxygens (including phenoxy) is 4. The minimum atomic E-state index is -2.98. The highest BCUT2D eigenvalue weighted by Gasteiger charge is 2.34. The Morgan fingerprint density at radius 2 is 1.57 bits per heavy atom. The fourth-order valence-electron chi connectivity index (χ4n) is 9.26. The SMILES string of the molecule is Cc1c(Cl)c2c(Cl)c(C)c1-c1c(-c3ccc(F)cc3)sc3ncnc(c13)O[C@@H](C(=O)O)c1cc(ccc1OCc1ccnc(-c3ccc(CN4CCS(=O)(=O)CC4)cc3)n1)OC[C@@H](CN1CCN(C)CC1)O2. The summed E-state index contributed by atoms with van der Waals surface area (Å²) in [6.07, 6.45) is 0.666. The molecule has 11 rings (SSSR count). The van der Waals surface area contributed by atoms with Crippen LogP contribution in [0.4, 0.5) is 4.39 Å². The lowest BCUT2D eigenvalue weighted by Gasteiger charge is -2.35. The first-order valence-electron chi connectivity index (χ1n) is 23.4. The normalized spacial score (nSPS) is 18.6. The molecule has 0 radical (unpaired) electrons. The maximum Gasteiger partial charge on any atom is 0.349 e. The second-order valence-electron chi connectivity index (χ2n) is 18.2. The van der Waals surface area contributed by atoms with Crippen molar-refractivity contribution in [3.63, 3.8) is 0 Å². The van der Waals surface area contributed by atoms with Gasteiger partial charge < -0.3 is 29.0 Å². The van der Waals surface area contributed by atoms with Crippen LogP contribution in [-0.4, -0.2) is 131 Å². The molecule has 4 bridgehead atoms. The first-order valence-corrected chi connectivity index (χ1v) is 26.8. The van der Waals surface area contributed by atoms with Crippen molar-refractivity contribution < 1.29 is 41.7 Å². The highest BCUT2D eigenvalue weighted by atomic mass is 35.5. The Morgan fingerprint density at radius 1 is 0.861 bits per heavy atom. The molecule has 4 aliphatic rings. The third-order valence-electron chi connectivity index (χ3n) is 13.3. The van der Waals surface area contributed by atoms with Gasteiger partial charge in [0.1, 0.15) is 47.8 Å². The number of piperazine rings is 1. The molecule has 0 unspecified atom stereocenters. The van der Waals surface area contributed by atoms with E-state index in [0.717, 1.165) is 37.3 Å². The molecule has 15 nitrogen and oxygen atoms in total. The third-order valence-corrected chi connectivity index (χ3v) is 16.9. The molecule has 0 saturated carbocycles. The van der Waals surface area contributed by atoms with Crippen LogP contribution in [0.25, 0.3) is 43.2 Å². The zero-order chi connectivity index (χ0) is 50.3. The number of aliphatic carboxylic acids is 1. The van der Waals surface area contributed by atoms with Crippen molar-refractivity contribution in [2.75, 3.05) is 71.0 Å². The number of hydrogen-bond acceptors (Lipinski definition) is 15. The molecule has 7 aromatic rings. The fraction of sp³-hybridized carbons (Fsp3) is 0.327. The van der Waals surface area contributed by atoms with Gasteiger partial charge in [-0.1, -0.05) is 59.6 Å². The van der Waals surface area contributed by atoms with Crippen LogP contribution in [0.1, 0.15) is 34.1 Å². The van der Waals surface area contributed by atoms with Crippen molar-refractivity contribution in [2.24, 2.45) is 0 Å². The number of fused-ring (bicyclic) bond motifs is 6. The fourth-order valence-corrected chi connectivity index (χ4v) is 12.2. The minimum Gasteiger partial charge on any atom is -0.490 e. The van der Waals surface area contributed by atoms with E-state index < -0.39 is 33.8 Å². The molecule has 2 saturated heterocycles. The summed E-state index contributed by atoms with van der Waals surface area (Å²) in [7, 11) is -0.887. The average molecular weight is 1060 g/mol. The first-order chi connectivity index (χ1) is 34.7. The van der Waals surface area contributed by atoms with Crippen molar-refractivity contribution in [3.8, 4) is 56.1 Å². The number of hydrogen-bond donors (Lipinski definition) is 1. The number of benzene rings is 4. The quantitative estimate of drug-likeness (QED) is 0.138. The summed E-state index contributed by atoms with van der Waals surface area (Å²) in [5, 5.41) is 12.1. The molecule has 3 aromatic heterocycles. The Labute approximate surface area is 430 Å². The molecule has 0 aliphatic carbocycles. The lowest BCUT2D eigenvalue weighted by molar-refractivity contribution is -0.145. The topological polar surface area (TPSA) is 170 Å². The Kier molecular flexibility index (Phi) is 14.4. The standard InChI is InChI=1S/C52H50Cl2FN7O8S2/c1-30-41-31(2)45(54)47(44(30)53)69-38(26-61-18-16-60(3)17-19-61)28-67-37-12-13-40(68-27-36-14-15-56-49(59-36)34-6-4-32(5-7-34)25-62-20-22-72(65,66)23-21-62)39(24-37)46(52(63)64)70-50-43-42(41)48(71-51(43)58-29-57-50)33-8-10-35(55)11-9-33/h4-15,24,29,38,46H,16-23,25-28H2,1-3H3,(H,63,64)/t38-,46-/m1/s1. The summed E-state index contributed by atoms with van der Waals surface area (Å²) in [6, 6.07) is 20.5. The summed E-state index contributed by atoms with van der Waals surface area (Å²) in [5.41, 5.74) is 5.63. The van der Waals surface area contributed by atoms with E-state index in [1.807, 2.05) is 38.1 Å². The summed E-state index contributed by atoms with van der Waals surface area (Å²) in [6.45, 7) is 9.19. The van der Waals surface area contributed by atoms with Crippen molar-refractivity contribution in [2.45, 2.75) is 39.2 Å². The van der Waals surface area contributed by atoms with E-state index in [9.17, 15) is 22.7 Å². The third kappa shape index (κ3) is 10.6. The van der Waals surface area contributed by atoms with Crippen molar-refractivity contribution in [1.82, 2.24) is 34.6 Å². The van der Waals surface area contributed by atoms with Crippen LogP contribution in [0.5, 0.6) is 23.1 Å². The van der Waals surface area contributed by atoms with Gasteiger partial charge in [-0.05, 0) is 85.1 Å². The molecule has 4 aliphatic heterocycles. The zero-order valence-electron chi connectivity index (χ0n) is 39.6. The van der Waals surface area contributed by atoms with E-state index in [-0.39, 0.29) is 52.0 Å². The molecule has 0 amide bonds. The van der Waals surface area contributed by atoms with Crippen LogP contribution in [-0.2, 0) is 27.8 Å². The largest absolute Gasteiger partial charge is 0.490 e. The summed E-state index contributed by atoms with van der Waals surface area (Å²) in [5.74, 6) is -0.178. The van der Waals surface area contributed by atoms with E-state index in [1.54, 1.807) is 42.6 Å². The summed E-state index contributed by atoms with van der Waals surface area (Å²) < 4.78 is 64.6. The number of halogens is 3. The van der Waals surface area contributed by atoms with Gasteiger partial charge in [-0.25, -0.2) is 37.5 Å². The van der Waals surface area contributed by atoms with Crippen LogP contribution < -0.4 is 18.9 Å². The first kappa shape index (κ1) is 49.6. The number of thiophene rings is 1. The highest BCUT2D eigenvalue weighted by Crippen LogP contribution is 2.53. The predicted molar refractivity (Wildman–Crippen MR) is 275 cm³/mol. The number of carboxylic acid groups (broad SMARTS) is 1. The van der Waals surface area contributed by atoms with Crippen LogP contribution in [0, 0.1) is 19.7 Å². The minimum absolute atomic E-state index is 0.0367. The van der Waals surface area contributed by atoms with Crippen LogP contribution in [0.2, 0.25) is 10.0 Å². The highest BCUT2D eigenvalue weighted by molar-refractivity contribution is 7.91. The summed E-state index contributed by atoms with van der Waals surface area (Å²) >= 11 is 15.9. The zero-order valence-corrected chi connectivity index (χ0v) is 42.8. The Balaban J connectivity index is 1.03. The average Bonchev–Trinajstić information content (AvgIpc) is 3.76. The van der Waals surface area contributed by atoms with Crippen LogP contribution in [0.3, 0.4) is 0 Å². The van der Waals surface area contributed by atoms with Gasteiger partial charge in [-0.2, -0.15) is 0 Å². The maximum atomic E-state index is 14.4.